The minimum Gasteiger partial charge on any atom is -0.480 e. The van der Waals surface area contributed by atoms with Crippen molar-refractivity contribution >= 4 is 23.8 Å². The Morgan fingerprint density at radius 3 is 2.67 bits per heavy atom. The Balaban J connectivity index is 2.01. The van der Waals surface area contributed by atoms with Crippen molar-refractivity contribution in [2.75, 3.05) is 19.6 Å². The molecule has 2 rings (SSSR count). The van der Waals surface area contributed by atoms with Crippen molar-refractivity contribution in [3.05, 3.63) is 0 Å². The molecule has 0 spiro atoms. The maximum Gasteiger partial charge on any atom is 0.326 e. The van der Waals surface area contributed by atoms with E-state index < -0.39 is 36.4 Å². The molecule has 0 aromatic heterocycles. The van der Waals surface area contributed by atoms with Crippen LogP contribution in [-0.4, -0.2) is 64.4 Å². The Morgan fingerprint density at radius 2 is 2.11 bits per heavy atom. The summed E-state index contributed by atoms with van der Waals surface area (Å²) >= 11 is 0. The summed E-state index contributed by atoms with van der Waals surface area (Å²) in [5, 5.41) is 11.2. The molecule has 2 aliphatic rings. The summed E-state index contributed by atoms with van der Waals surface area (Å²) in [5.41, 5.74) is 0. The number of urea groups is 1. The molecule has 4 amide bonds. The van der Waals surface area contributed by atoms with Gasteiger partial charge in [0.15, 0.2) is 0 Å². The monoisotopic (exact) mass is 255 g/mol. The van der Waals surface area contributed by atoms with Crippen LogP contribution >= 0.6 is 0 Å². The number of carboxylic acids is 1. The summed E-state index contributed by atoms with van der Waals surface area (Å²) in [7, 11) is 0. The number of hydrogen-bond donors (Lipinski definition) is 2. The summed E-state index contributed by atoms with van der Waals surface area (Å²) in [6, 6.07) is -1.46. The lowest BCUT2D eigenvalue weighted by atomic mass is 10.2. The SMILES string of the molecule is O=C(O)[C@@H]1CCCN1C(=O)CN1C(=O)CNC1=O. The van der Waals surface area contributed by atoms with Crippen molar-refractivity contribution in [2.24, 2.45) is 0 Å². The molecule has 8 heteroatoms. The van der Waals surface area contributed by atoms with E-state index in [-0.39, 0.29) is 6.54 Å². The number of likely N-dealkylation sites (tertiary alicyclic amines) is 1. The van der Waals surface area contributed by atoms with Crippen LogP contribution in [0.25, 0.3) is 0 Å². The zero-order valence-electron chi connectivity index (χ0n) is 9.59. The fraction of sp³-hybridized carbons (Fsp3) is 0.600. The second-order valence-electron chi connectivity index (χ2n) is 4.22. The van der Waals surface area contributed by atoms with E-state index in [1.165, 1.54) is 4.90 Å². The molecule has 98 valence electrons. The highest BCUT2D eigenvalue weighted by atomic mass is 16.4. The second-order valence-corrected chi connectivity index (χ2v) is 4.22. The predicted octanol–water partition coefficient (Wildman–Crippen LogP) is -1.39. The molecular weight excluding hydrogens is 242 g/mol. The van der Waals surface area contributed by atoms with E-state index in [1.54, 1.807) is 0 Å². The van der Waals surface area contributed by atoms with Gasteiger partial charge in [0.1, 0.15) is 12.6 Å². The number of carbonyl (C=O) groups is 4. The third kappa shape index (κ3) is 2.13. The molecule has 2 saturated heterocycles. The largest absolute Gasteiger partial charge is 0.480 e. The van der Waals surface area contributed by atoms with Gasteiger partial charge in [0, 0.05) is 6.54 Å². The van der Waals surface area contributed by atoms with Gasteiger partial charge in [-0.3, -0.25) is 14.5 Å². The first-order valence-corrected chi connectivity index (χ1v) is 5.61. The quantitative estimate of drug-likeness (QED) is 0.604. The molecule has 0 aromatic rings. The van der Waals surface area contributed by atoms with Crippen molar-refractivity contribution in [3.8, 4) is 0 Å². The number of imide groups is 1. The number of hydrogen-bond acceptors (Lipinski definition) is 4. The lowest BCUT2D eigenvalue weighted by Gasteiger charge is -2.23. The van der Waals surface area contributed by atoms with Gasteiger partial charge < -0.3 is 15.3 Å². The van der Waals surface area contributed by atoms with Gasteiger partial charge in [0.2, 0.25) is 5.91 Å². The van der Waals surface area contributed by atoms with Crippen molar-refractivity contribution in [2.45, 2.75) is 18.9 Å². The molecule has 0 bridgehead atoms. The Hall–Kier alpha value is -2.12. The number of carbonyl (C=O) groups excluding carboxylic acids is 3. The third-order valence-electron chi connectivity index (χ3n) is 3.09. The van der Waals surface area contributed by atoms with Gasteiger partial charge in [0.05, 0.1) is 6.54 Å². The summed E-state index contributed by atoms with van der Waals surface area (Å²) < 4.78 is 0. The van der Waals surface area contributed by atoms with Gasteiger partial charge in [-0.25, -0.2) is 9.59 Å². The highest BCUT2D eigenvalue weighted by Gasteiger charge is 2.37. The molecule has 8 nitrogen and oxygen atoms in total. The Bertz CT molecular complexity index is 406. The van der Waals surface area contributed by atoms with E-state index in [4.69, 9.17) is 5.11 Å². The van der Waals surface area contributed by atoms with Crippen LogP contribution in [0.2, 0.25) is 0 Å². The Kier molecular flexibility index (Phi) is 3.17. The van der Waals surface area contributed by atoms with Crippen LogP contribution in [0.4, 0.5) is 4.79 Å². The molecule has 0 aliphatic carbocycles. The van der Waals surface area contributed by atoms with Crippen LogP contribution in [-0.2, 0) is 14.4 Å². The number of nitrogens with one attached hydrogen (secondary N) is 1. The molecule has 0 aromatic carbocycles. The first-order chi connectivity index (χ1) is 8.50. The molecule has 0 unspecified atom stereocenters. The topological polar surface area (TPSA) is 107 Å². The minimum absolute atomic E-state index is 0.117. The fourth-order valence-electron chi connectivity index (χ4n) is 2.16. The van der Waals surface area contributed by atoms with Gasteiger partial charge in [-0.1, -0.05) is 0 Å². The molecule has 0 radical (unpaired) electrons. The van der Waals surface area contributed by atoms with Gasteiger partial charge >= 0.3 is 12.0 Å². The lowest BCUT2D eigenvalue weighted by molar-refractivity contribution is -0.148. The zero-order valence-corrected chi connectivity index (χ0v) is 9.59. The maximum absolute atomic E-state index is 11.9. The van der Waals surface area contributed by atoms with Gasteiger partial charge in [-0.2, -0.15) is 0 Å². The first kappa shape index (κ1) is 12.3. The van der Waals surface area contributed by atoms with Crippen molar-refractivity contribution in [1.29, 1.82) is 0 Å². The highest BCUT2D eigenvalue weighted by molar-refractivity contribution is 6.04. The Morgan fingerprint density at radius 1 is 1.39 bits per heavy atom. The van der Waals surface area contributed by atoms with E-state index in [0.29, 0.717) is 19.4 Å². The molecule has 2 fully saturated rings. The number of aliphatic carboxylic acids is 1. The third-order valence-corrected chi connectivity index (χ3v) is 3.09. The molecule has 0 saturated carbocycles. The van der Waals surface area contributed by atoms with E-state index in [1.807, 2.05) is 0 Å². The normalized spacial score (nSPS) is 23.4. The zero-order chi connectivity index (χ0) is 13.3. The van der Waals surface area contributed by atoms with E-state index in [9.17, 15) is 19.2 Å². The van der Waals surface area contributed by atoms with Crippen LogP contribution in [0, 0.1) is 0 Å². The van der Waals surface area contributed by atoms with Gasteiger partial charge in [-0.05, 0) is 12.8 Å². The molecule has 2 N–H and O–H groups in total. The number of carboxylic acid groups (broad SMARTS) is 1. The molecule has 18 heavy (non-hydrogen) atoms. The summed E-state index contributed by atoms with van der Waals surface area (Å²) in [6.45, 7) is -0.164. The maximum atomic E-state index is 11.9. The molecule has 1 atom stereocenters. The van der Waals surface area contributed by atoms with Crippen LogP contribution in [0.1, 0.15) is 12.8 Å². The summed E-state index contributed by atoms with van der Waals surface area (Å²) in [6.07, 6.45) is 1.02. The summed E-state index contributed by atoms with van der Waals surface area (Å²) in [4.78, 5) is 47.4. The highest BCUT2D eigenvalue weighted by Crippen LogP contribution is 2.18. The molecule has 2 heterocycles. The summed E-state index contributed by atoms with van der Waals surface area (Å²) in [5.74, 6) is -2.04. The molecular formula is C10H13N3O5. The van der Waals surface area contributed by atoms with E-state index >= 15 is 0 Å². The first-order valence-electron chi connectivity index (χ1n) is 5.61. The predicted molar refractivity (Wildman–Crippen MR) is 57.5 cm³/mol. The standard InChI is InChI=1S/C10H13N3O5/c14-7-4-11-10(18)13(7)5-8(15)12-3-1-2-6(12)9(16)17/h6H,1-5H2,(H,11,18)(H,16,17)/t6-/m0/s1. The Labute approximate surface area is 103 Å². The fourth-order valence-corrected chi connectivity index (χ4v) is 2.16. The average molecular weight is 255 g/mol. The van der Waals surface area contributed by atoms with Crippen LogP contribution < -0.4 is 5.32 Å². The number of rotatable bonds is 3. The molecule has 2 aliphatic heterocycles. The lowest BCUT2D eigenvalue weighted by Crippen LogP contribution is -2.47. The van der Waals surface area contributed by atoms with Crippen LogP contribution in [0.5, 0.6) is 0 Å². The van der Waals surface area contributed by atoms with E-state index in [2.05, 4.69) is 5.32 Å². The number of amides is 4. The number of nitrogens with zero attached hydrogens (tertiary/aromatic N) is 2. The average Bonchev–Trinajstić information content (AvgIpc) is 2.90. The van der Waals surface area contributed by atoms with Crippen molar-refractivity contribution < 1.29 is 24.3 Å². The van der Waals surface area contributed by atoms with Gasteiger partial charge in [0.25, 0.3) is 5.91 Å². The van der Waals surface area contributed by atoms with E-state index in [0.717, 1.165) is 4.90 Å². The van der Waals surface area contributed by atoms with Crippen molar-refractivity contribution in [1.82, 2.24) is 15.1 Å². The minimum atomic E-state index is -1.06. The smallest absolute Gasteiger partial charge is 0.326 e. The van der Waals surface area contributed by atoms with Crippen molar-refractivity contribution in [3.63, 3.8) is 0 Å². The van der Waals surface area contributed by atoms with Crippen LogP contribution in [0.3, 0.4) is 0 Å². The van der Waals surface area contributed by atoms with Gasteiger partial charge in [-0.15, -0.1) is 0 Å². The van der Waals surface area contributed by atoms with Crippen LogP contribution in [0.15, 0.2) is 0 Å². The second kappa shape index (κ2) is 4.63.